The van der Waals surface area contributed by atoms with Crippen LogP contribution in [0, 0.1) is 5.92 Å². The van der Waals surface area contributed by atoms with Crippen LogP contribution in [0.1, 0.15) is 19.8 Å². The maximum atomic E-state index is 12.4. The van der Waals surface area contributed by atoms with Gasteiger partial charge in [0.1, 0.15) is 0 Å². The van der Waals surface area contributed by atoms with Crippen molar-refractivity contribution in [2.75, 3.05) is 13.1 Å². The van der Waals surface area contributed by atoms with Gasteiger partial charge in [0, 0.05) is 29.7 Å². The highest BCUT2D eigenvalue weighted by Crippen LogP contribution is 2.21. The average molecular weight is 307 g/mol. The van der Waals surface area contributed by atoms with Crippen LogP contribution in [0.5, 0.6) is 0 Å². The summed E-state index contributed by atoms with van der Waals surface area (Å²) < 4.78 is 27.5. The van der Waals surface area contributed by atoms with E-state index in [-0.39, 0.29) is 0 Å². The van der Waals surface area contributed by atoms with E-state index in [1.165, 1.54) is 0 Å². The highest BCUT2D eigenvalue weighted by Gasteiger charge is 2.16. The van der Waals surface area contributed by atoms with Crippen molar-refractivity contribution in [2.45, 2.75) is 24.7 Å². The number of fused-ring (bicyclic) bond motifs is 1. The Hall–Kier alpha value is -1.50. The molecule has 1 aromatic carbocycles. The van der Waals surface area contributed by atoms with Gasteiger partial charge in [0.15, 0.2) is 0 Å². The number of hydrogen-bond donors (Lipinski definition) is 2. The molecule has 0 bridgehead atoms. The van der Waals surface area contributed by atoms with Gasteiger partial charge in [-0.3, -0.25) is 4.98 Å². The molecule has 0 aliphatic heterocycles. The minimum absolute atomic E-state index is 0.300. The van der Waals surface area contributed by atoms with Crippen molar-refractivity contribution < 1.29 is 8.42 Å². The van der Waals surface area contributed by atoms with Gasteiger partial charge in [-0.1, -0.05) is 19.1 Å². The van der Waals surface area contributed by atoms with Crippen LogP contribution in [-0.2, 0) is 10.0 Å². The number of pyridine rings is 1. The normalized spacial score (nSPS) is 13.4. The first-order valence-electron chi connectivity index (χ1n) is 7.07. The summed E-state index contributed by atoms with van der Waals surface area (Å²) in [6, 6.07) is 6.92. The van der Waals surface area contributed by atoms with Gasteiger partial charge < -0.3 is 5.73 Å². The molecule has 2 aromatic rings. The Bertz CT molecular complexity index is 696. The zero-order valence-corrected chi connectivity index (χ0v) is 12.9. The molecule has 0 aliphatic rings. The summed E-state index contributed by atoms with van der Waals surface area (Å²) >= 11 is 0. The fourth-order valence-electron chi connectivity index (χ4n) is 2.18. The van der Waals surface area contributed by atoms with E-state index in [0.717, 1.165) is 18.2 Å². The molecule has 5 nitrogen and oxygen atoms in total. The first-order chi connectivity index (χ1) is 10.0. The van der Waals surface area contributed by atoms with E-state index in [0.29, 0.717) is 29.3 Å². The summed E-state index contributed by atoms with van der Waals surface area (Å²) in [5.41, 5.74) is 5.55. The quantitative estimate of drug-likeness (QED) is 0.765. The third-order valence-electron chi connectivity index (χ3n) is 3.50. The average Bonchev–Trinajstić information content (AvgIpc) is 2.50. The molecule has 6 heteroatoms. The Morgan fingerprint density at radius 3 is 2.90 bits per heavy atom. The van der Waals surface area contributed by atoms with E-state index in [9.17, 15) is 8.42 Å². The number of sulfonamides is 1. The van der Waals surface area contributed by atoms with E-state index in [4.69, 9.17) is 5.73 Å². The van der Waals surface area contributed by atoms with Crippen LogP contribution in [-0.4, -0.2) is 26.5 Å². The molecule has 0 fully saturated rings. The minimum Gasteiger partial charge on any atom is -0.330 e. The third-order valence-corrected chi connectivity index (χ3v) is 5.02. The zero-order valence-electron chi connectivity index (χ0n) is 12.1. The molecule has 1 heterocycles. The molecular formula is C15H21N3O2S. The largest absolute Gasteiger partial charge is 0.330 e. The lowest BCUT2D eigenvalue weighted by atomic mass is 10.1. The molecular weight excluding hydrogens is 286 g/mol. The lowest BCUT2D eigenvalue weighted by molar-refractivity contribution is 0.513. The van der Waals surface area contributed by atoms with Gasteiger partial charge in [0.25, 0.3) is 0 Å². The SMILES string of the molecule is CC(CN)CCCNS(=O)(=O)c1cccc2cnccc12. The van der Waals surface area contributed by atoms with Crippen molar-refractivity contribution in [1.29, 1.82) is 0 Å². The second-order valence-corrected chi connectivity index (χ2v) is 6.97. The molecule has 21 heavy (non-hydrogen) atoms. The molecule has 1 aromatic heterocycles. The number of nitrogens with two attached hydrogens (primary N) is 1. The van der Waals surface area contributed by atoms with Crippen LogP contribution in [0.25, 0.3) is 10.8 Å². The molecule has 0 radical (unpaired) electrons. The van der Waals surface area contributed by atoms with Crippen LogP contribution in [0.2, 0.25) is 0 Å². The smallest absolute Gasteiger partial charge is 0.241 e. The van der Waals surface area contributed by atoms with Gasteiger partial charge in [-0.15, -0.1) is 0 Å². The van der Waals surface area contributed by atoms with E-state index in [2.05, 4.69) is 16.6 Å². The topological polar surface area (TPSA) is 85.1 Å². The van der Waals surface area contributed by atoms with Crippen LogP contribution in [0.15, 0.2) is 41.6 Å². The van der Waals surface area contributed by atoms with Crippen molar-refractivity contribution in [3.05, 3.63) is 36.7 Å². The van der Waals surface area contributed by atoms with E-state index in [1.807, 2.05) is 6.07 Å². The number of benzene rings is 1. The van der Waals surface area contributed by atoms with Crippen LogP contribution in [0.4, 0.5) is 0 Å². The van der Waals surface area contributed by atoms with Gasteiger partial charge in [-0.2, -0.15) is 0 Å². The Kier molecular flexibility index (Phi) is 5.27. The lowest BCUT2D eigenvalue weighted by Crippen LogP contribution is -2.25. The maximum Gasteiger partial charge on any atom is 0.241 e. The Morgan fingerprint density at radius 1 is 1.33 bits per heavy atom. The van der Waals surface area contributed by atoms with E-state index >= 15 is 0 Å². The van der Waals surface area contributed by atoms with E-state index < -0.39 is 10.0 Å². The molecule has 0 saturated heterocycles. The van der Waals surface area contributed by atoms with Crippen molar-refractivity contribution in [3.8, 4) is 0 Å². The molecule has 0 amide bonds. The minimum atomic E-state index is -3.50. The molecule has 2 rings (SSSR count). The lowest BCUT2D eigenvalue weighted by Gasteiger charge is -2.11. The van der Waals surface area contributed by atoms with Crippen molar-refractivity contribution in [1.82, 2.24) is 9.71 Å². The number of nitrogens with one attached hydrogen (secondary N) is 1. The molecule has 0 saturated carbocycles. The predicted octanol–water partition coefficient (Wildman–Crippen LogP) is 1.89. The fourth-order valence-corrected chi connectivity index (χ4v) is 3.48. The maximum absolute atomic E-state index is 12.4. The van der Waals surface area contributed by atoms with Gasteiger partial charge in [-0.05, 0) is 37.4 Å². The highest BCUT2D eigenvalue weighted by molar-refractivity contribution is 7.89. The van der Waals surface area contributed by atoms with Gasteiger partial charge in [0.2, 0.25) is 10.0 Å². The van der Waals surface area contributed by atoms with Crippen LogP contribution < -0.4 is 10.5 Å². The van der Waals surface area contributed by atoms with Gasteiger partial charge in [0.05, 0.1) is 4.90 Å². The molecule has 0 spiro atoms. The number of aromatic nitrogens is 1. The second-order valence-electron chi connectivity index (χ2n) is 5.23. The predicted molar refractivity (Wildman–Crippen MR) is 84.4 cm³/mol. The first kappa shape index (κ1) is 15.9. The number of rotatable bonds is 7. The molecule has 1 atom stereocenters. The molecule has 1 unspecified atom stereocenters. The highest BCUT2D eigenvalue weighted by atomic mass is 32.2. The fraction of sp³-hybridized carbons (Fsp3) is 0.400. The first-order valence-corrected chi connectivity index (χ1v) is 8.55. The molecule has 0 aliphatic carbocycles. The Morgan fingerprint density at radius 2 is 2.14 bits per heavy atom. The number of hydrogen-bond acceptors (Lipinski definition) is 4. The summed E-state index contributed by atoms with van der Waals surface area (Å²) in [5.74, 6) is 0.415. The Labute approximate surface area is 125 Å². The van der Waals surface area contributed by atoms with E-state index in [1.54, 1.807) is 30.6 Å². The summed E-state index contributed by atoms with van der Waals surface area (Å²) in [7, 11) is -3.50. The second kappa shape index (κ2) is 6.98. The summed E-state index contributed by atoms with van der Waals surface area (Å²) in [5, 5.41) is 1.51. The standard InChI is InChI=1S/C15H21N3O2S/c1-12(10-16)4-3-8-18-21(19,20)15-6-2-5-13-11-17-9-7-14(13)15/h2,5-7,9,11-12,18H,3-4,8,10,16H2,1H3. The van der Waals surface area contributed by atoms with Crippen molar-refractivity contribution in [3.63, 3.8) is 0 Å². The molecule has 114 valence electrons. The zero-order chi connectivity index (χ0) is 15.3. The molecule has 3 N–H and O–H groups in total. The number of nitrogens with zero attached hydrogens (tertiary/aromatic N) is 1. The summed E-state index contributed by atoms with van der Waals surface area (Å²) in [6.07, 6.45) is 4.96. The van der Waals surface area contributed by atoms with Gasteiger partial charge in [-0.25, -0.2) is 13.1 Å². The van der Waals surface area contributed by atoms with Crippen molar-refractivity contribution >= 4 is 20.8 Å². The van der Waals surface area contributed by atoms with Gasteiger partial charge >= 0.3 is 0 Å². The third kappa shape index (κ3) is 4.00. The summed E-state index contributed by atoms with van der Waals surface area (Å²) in [4.78, 5) is 4.31. The summed E-state index contributed by atoms with van der Waals surface area (Å²) in [6.45, 7) is 3.11. The van der Waals surface area contributed by atoms with Crippen LogP contribution >= 0.6 is 0 Å². The van der Waals surface area contributed by atoms with Crippen molar-refractivity contribution in [2.24, 2.45) is 11.7 Å². The van der Waals surface area contributed by atoms with Crippen LogP contribution in [0.3, 0.4) is 0 Å². The Balaban J connectivity index is 2.11. The monoisotopic (exact) mass is 307 g/mol.